The lowest BCUT2D eigenvalue weighted by Gasteiger charge is -2.03. The molecule has 3 N–H and O–H groups in total. The zero-order valence-corrected chi connectivity index (χ0v) is 10.1. The van der Waals surface area contributed by atoms with E-state index in [1.807, 2.05) is 12.1 Å². The van der Waals surface area contributed by atoms with Crippen molar-refractivity contribution in [1.29, 1.82) is 0 Å². The first kappa shape index (κ1) is 12.8. The molecule has 0 bridgehead atoms. The highest BCUT2D eigenvalue weighted by molar-refractivity contribution is 5.90. The standard InChI is InChI=1S/C13H13N3O3/c14-13(19)11-5-6-16(15-11)8-10-3-1-9(2-4-10)7-12(17)18/h1-6H,7-8H2,(H2,14,19)(H,17,18). The molecule has 6 nitrogen and oxygen atoms in total. The van der Waals surface area contributed by atoms with E-state index < -0.39 is 11.9 Å². The molecule has 98 valence electrons. The van der Waals surface area contributed by atoms with Gasteiger partial charge in [-0.1, -0.05) is 24.3 Å². The number of hydrogen-bond donors (Lipinski definition) is 2. The third kappa shape index (κ3) is 3.41. The van der Waals surface area contributed by atoms with Gasteiger partial charge in [-0.2, -0.15) is 5.10 Å². The summed E-state index contributed by atoms with van der Waals surface area (Å²) in [7, 11) is 0. The molecule has 0 saturated carbocycles. The van der Waals surface area contributed by atoms with Gasteiger partial charge < -0.3 is 10.8 Å². The van der Waals surface area contributed by atoms with Crippen molar-refractivity contribution in [3.05, 3.63) is 53.3 Å². The summed E-state index contributed by atoms with van der Waals surface area (Å²) >= 11 is 0. The van der Waals surface area contributed by atoms with Gasteiger partial charge in [-0.05, 0) is 17.2 Å². The average molecular weight is 259 g/mol. The first-order chi connectivity index (χ1) is 9.04. The second kappa shape index (κ2) is 5.34. The number of aliphatic carboxylic acids is 1. The van der Waals surface area contributed by atoms with Crippen LogP contribution in [0, 0.1) is 0 Å². The van der Waals surface area contributed by atoms with Crippen molar-refractivity contribution in [3.63, 3.8) is 0 Å². The van der Waals surface area contributed by atoms with E-state index in [2.05, 4.69) is 5.10 Å². The predicted octanol–water partition coefficient (Wildman–Crippen LogP) is 0.657. The SMILES string of the molecule is NC(=O)c1ccn(Cc2ccc(CC(=O)O)cc2)n1. The molecule has 0 unspecified atom stereocenters. The highest BCUT2D eigenvalue weighted by atomic mass is 16.4. The largest absolute Gasteiger partial charge is 0.481 e. The summed E-state index contributed by atoms with van der Waals surface area (Å²) < 4.78 is 1.60. The molecule has 2 aromatic rings. The Bertz CT molecular complexity index is 602. The maximum atomic E-state index is 10.9. The van der Waals surface area contributed by atoms with Crippen LogP contribution >= 0.6 is 0 Å². The van der Waals surface area contributed by atoms with Gasteiger partial charge in [0.25, 0.3) is 5.91 Å². The molecule has 0 spiro atoms. The van der Waals surface area contributed by atoms with Crippen LogP contribution in [-0.2, 0) is 17.8 Å². The van der Waals surface area contributed by atoms with E-state index in [1.54, 1.807) is 29.1 Å². The predicted molar refractivity (Wildman–Crippen MR) is 67.6 cm³/mol. The number of benzene rings is 1. The zero-order valence-electron chi connectivity index (χ0n) is 10.1. The van der Waals surface area contributed by atoms with Crippen LogP contribution in [0.3, 0.4) is 0 Å². The van der Waals surface area contributed by atoms with Crippen LogP contribution in [0.2, 0.25) is 0 Å². The third-order valence-electron chi connectivity index (χ3n) is 2.62. The second-order valence-corrected chi connectivity index (χ2v) is 4.15. The van der Waals surface area contributed by atoms with Crippen LogP contribution in [0.25, 0.3) is 0 Å². The Balaban J connectivity index is 2.06. The summed E-state index contributed by atoms with van der Waals surface area (Å²) in [6, 6.07) is 8.76. The normalized spacial score (nSPS) is 10.3. The van der Waals surface area contributed by atoms with Gasteiger partial charge in [0.1, 0.15) is 5.69 Å². The van der Waals surface area contributed by atoms with Crippen LogP contribution < -0.4 is 5.73 Å². The molecular formula is C13H13N3O3. The Morgan fingerprint density at radius 3 is 2.32 bits per heavy atom. The van der Waals surface area contributed by atoms with Crippen LogP contribution in [-0.4, -0.2) is 26.8 Å². The molecule has 19 heavy (non-hydrogen) atoms. The molecule has 1 aromatic carbocycles. The fourth-order valence-corrected chi connectivity index (χ4v) is 1.71. The van der Waals surface area contributed by atoms with Crippen LogP contribution in [0.4, 0.5) is 0 Å². The first-order valence-electron chi connectivity index (χ1n) is 5.67. The van der Waals surface area contributed by atoms with Gasteiger partial charge in [0.05, 0.1) is 13.0 Å². The Kier molecular flexibility index (Phi) is 3.61. The number of carboxylic acids is 1. The number of rotatable bonds is 5. The number of nitrogens with zero attached hydrogens (tertiary/aromatic N) is 2. The van der Waals surface area contributed by atoms with Crippen molar-refractivity contribution < 1.29 is 14.7 Å². The van der Waals surface area contributed by atoms with Crippen molar-refractivity contribution in [2.24, 2.45) is 5.73 Å². The molecular weight excluding hydrogens is 246 g/mol. The Morgan fingerprint density at radius 1 is 1.16 bits per heavy atom. The number of carbonyl (C=O) groups is 2. The third-order valence-corrected chi connectivity index (χ3v) is 2.62. The molecule has 1 amide bonds. The minimum Gasteiger partial charge on any atom is -0.481 e. The lowest BCUT2D eigenvalue weighted by Crippen LogP contribution is -2.12. The van der Waals surface area contributed by atoms with E-state index in [9.17, 15) is 9.59 Å². The molecule has 0 aliphatic carbocycles. The quantitative estimate of drug-likeness (QED) is 0.823. The summed E-state index contributed by atoms with van der Waals surface area (Å²) in [4.78, 5) is 21.5. The minimum atomic E-state index is -0.856. The average Bonchev–Trinajstić information content (AvgIpc) is 2.80. The molecule has 0 aliphatic rings. The number of hydrogen-bond acceptors (Lipinski definition) is 3. The van der Waals surface area contributed by atoms with Gasteiger partial charge >= 0.3 is 5.97 Å². The lowest BCUT2D eigenvalue weighted by molar-refractivity contribution is -0.136. The lowest BCUT2D eigenvalue weighted by atomic mass is 10.1. The van der Waals surface area contributed by atoms with Crippen LogP contribution in [0.1, 0.15) is 21.6 Å². The molecule has 6 heteroatoms. The summed E-state index contributed by atoms with van der Waals surface area (Å²) in [6.07, 6.45) is 1.68. The van der Waals surface area contributed by atoms with Crippen molar-refractivity contribution in [2.45, 2.75) is 13.0 Å². The van der Waals surface area contributed by atoms with E-state index >= 15 is 0 Å². The van der Waals surface area contributed by atoms with Crippen molar-refractivity contribution in [1.82, 2.24) is 9.78 Å². The highest BCUT2D eigenvalue weighted by Crippen LogP contribution is 2.07. The molecule has 0 fully saturated rings. The van der Waals surface area contributed by atoms with Crippen LogP contribution in [0.15, 0.2) is 36.5 Å². The fourth-order valence-electron chi connectivity index (χ4n) is 1.71. The molecule has 0 radical (unpaired) electrons. The smallest absolute Gasteiger partial charge is 0.307 e. The van der Waals surface area contributed by atoms with E-state index in [1.165, 1.54) is 0 Å². The van der Waals surface area contributed by atoms with Crippen molar-refractivity contribution in [2.75, 3.05) is 0 Å². The maximum Gasteiger partial charge on any atom is 0.307 e. The van der Waals surface area contributed by atoms with Gasteiger partial charge in [0.2, 0.25) is 0 Å². The van der Waals surface area contributed by atoms with Gasteiger partial charge in [-0.3, -0.25) is 14.3 Å². The number of aromatic nitrogens is 2. The van der Waals surface area contributed by atoms with Crippen molar-refractivity contribution >= 4 is 11.9 Å². The number of amides is 1. The van der Waals surface area contributed by atoms with E-state index in [0.29, 0.717) is 6.54 Å². The van der Waals surface area contributed by atoms with Gasteiger partial charge in [-0.25, -0.2) is 0 Å². The Morgan fingerprint density at radius 2 is 1.79 bits per heavy atom. The van der Waals surface area contributed by atoms with E-state index in [4.69, 9.17) is 10.8 Å². The summed E-state index contributed by atoms with van der Waals surface area (Å²) in [5, 5.41) is 12.7. The van der Waals surface area contributed by atoms with Gasteiger partial charge in [0.15, 0.2) is 0 Å². The van der Waals surface area contributed by atoms with Gasteiger partial charge in [-0.15, -0.1) is 0 Å². The molecule has 1 aromatic heterocycles. The fraction of sp³-hybridized carbons (Fsp3) is 0.154. The Labute approximate surface area is 109 Å². The number of carbonyl (C=O) groups excluding carboxylic acids is 1. The van der Waals surface area contributed by atoms with Crippen LogP contribution in [0.5, 0.6) is 0 Å². The summed E-state index contributed by atoms with van der Waals surface area (Å²) in [5.41, 5.74) is 7.05. The number of primary amides is 1. The Hall–Kier alpha value is -2.63. The topological polar surface area (TPSA) is 98.2 Å². The second-order valence-electron chi connectivity index (χ2n) is 4.15. The highest BCUT2D eigenvalue weighted by Gasteiger charge is 2.05. The molecule has 1 heterocycles. The number of nitrogens with two attached hydrogens (primary N) is 1. The van der Waals surface area contributed by atoms with Crippen molar-refractivity contribution in [3.8, 4) is 0 Å². The minimum absolute atomic E-state index is 0.00781. The molecule has 0 atom stereocenters. The summed E-state index contributed by atoms with van der Waals surface area (Å²) in [6.45, 7) is 0.501. The molecule has 2 rings (SSSR count). The number of carboxylic acid groups (broad SMARTS) is 1. The van der Waals surface area contributed by atoms with E-state index in [0.717, 1.165) is 11.1 Å². The zero-order chi connectivity index (χ0) is 13.8. The molecule has 0 saturated heterocycles. The van der Waals surface area contributed by atoms with E-state index in [-0.39, 0.29) is 12.1 Å². The van der Waals surface area contributed by atoms with Gasteiger partial charge in [0, 0.05) is 6.20 Å². The maximum absolute atomic E-state index is 10.9. The molecule has 0 aliphatic heterocycles. The summed E-state index contributed by atoms with van der Waals surface area (Å²) in [5.74, 6) is -1.42. The monoisotopic (exact) mass is 259 g/mol. The first-order valence-corrected chi connectivity index (χ1v) is 5.67.